The van der Waals surface area contributed by atoms with Crippen molar-refractivity contribution in [1.82, 2.24) is 20.3 Å². The molecule has 1 N–H and O–H groups in total. The summed E-state index contributed by atoms with van der Waals surface area (Å²) in [7, 11) is 0. The van der Waals surface area contributed by atoms with Crippen LogP contribution in [0.25, 0.3) is 33.5 Å². The molecule has 0 atom stereocenters. The molecule has 0 bridgehead atoms. The highest BCUT2D eigenvalue weighted by Crippen LogP contribution is 2.29. The van der Waals surface area contributed by atoms with E-state index in [1.54, 1.807) is 23.5 Å². The molecule has 3 aromatic heterocycles. The number of carbonyl (C=O) groups is 1. The van der Waals surface area contributed by atoms with Crippen LogP contribution < -0.4 is 5.32 Å². The zero-order valence-corrected chi connectivity index (χ0v) is 16.8. The lowest BCUT2D eigenvalue weighted by Gasteiger charge is -2.06. The summed E-state index contributed by atoms with van der Waals surface area (Å²) in [6.45, 7) is 1.08. The Balaban J connectivity index is 1.27. The average Bonchev–Trinajstić information content (AvgIpc) is 3.54. The van der Waals surface area contributed by atoms with Crippen LogP contribution in [-0.2, 0) is 6.54 Å². The maximum Gasteiger partial charge on any atom is 0.251 e. The first-order valence-corrected chi connectivity index (χ1v) is 10.5. The van der Waals surface area contributed by atoms with Crippen molar-refractivity contribution in [2.24, 2.45) is 0 Å². The molecule has 0 aliphatic carbocycles. The van der Waals surface area contributed by atoms with Crippen molar-refractivity contribution in [2.75, 3.05) is 6.54 Å². The molecule has 6 nitrogen and oxygen atoms in total. The molecule has 7 heteroatoms. The topological polar surface area (TPSA) is 73.0 Å². The third-order valence-corrected chi connectivity index (χ3v) is 5.54. The number of hydrogen-bond donors (Lipinski definition) is 1. The van der Waals surface area contributed by atoms with Crippen molar-refractivity contribution in [3.63, 3.8) is 0 Å². The van der Waals surface area contributed by atoms with Crippen molar-refractivity contribution >= 4 is 28.1 Å². The normalized spacial score (nSPS) is 11.1. The van der Waals surface area contributed by atoms with Gasteiger partial charge < -0.3 is 9.84 Å². The number of benzene rings is 2. The Morgan fingerprint density at radius 2 is 1.97 bits per heavy atom. The molecule has 1 amide bonds. The number of nitrogens with zero attached hydrogens (tertiary/aromatic N) is 3. The fourth-order valence-electron chi connectivity index (χ4n) is 3.32. The van der Waals surface area contributed by atoms with Crippen LogP contribution in [0.2, 0.25) is 0 Å². The van der Waals surface area contributed by atoms with Gasteiger partial charge in [-0.1, -0.05) is 35.5 Å². The Labute approximate surface area is 176 Å². The molecular weight excluding hydrogens is 396 g/mol. The molecule has 5 aromatic rings. The minimum absolute atomic E-state index is 0.137. The Kier molecular flexibility index (Phi) is 4.86. The van der Waals surface area contributed by atoms with Gasteiger partial charge in [-0.3, -0.25) is 9.48 Å². The second-order valence-electron chi connectivity index (χ2n) is 6.84. The summed E-state index contributed by atoms with van der Waals surface area (Å²) in [4.78, 5) is 12.6. The van der Waals surface area contributed by atoms with E-state index in [2.05, 4.69) is 21.0 Å². The summed E-state index contributed by atoms with van der Waals surface area (Å²) in [6, 6.07) is 19.2. The average molecular weight is 414 g/mol. The third-order valence-electron chi connectivity index (χ3n) is 4.86. The van der Waals surface area contributed by atoms with Gasteiger partial charge in [0, 0.05) is 34.8 Å². The van der Waals surface area contributed by atoms with E-state index in [-0.39, 0.29) is 5.91 Å². The van der Waals surface area contributed by atoms with Crippen molar-refractivity contribution in [3.8, 4) is 22.6 Å². The fourth-order valence-corrected chi connectivity index (χ4v) is 3.97. The van der Waals surface area contributed by atoms with Crippen LogP contribution in [0.15, 0.2) is 82.1 Å². The minimum atomic E-state index is -0.137. The summed E-state index contributed by atoms with van der Waals surface area (Å²) in [5.74, 6) is 0.528. The van der Waals surface area contributed by atoms with Gasteiger partial charge in [0.1, 0.15) is 5.52 Å². The highest BCUT2D eigenvalue weighted by atomic mass is 32.1. The molecule has 2 aromatic carbocycles. The van der Waals surface area contributed by atoms with Gasteiger partial charge in [-0.05, 0) is 35.7 Å². The quantitative estimate of drug-likeness (QED) is 0.431. The molecule has 5 rings (SSSR count). The van der Waals surface area contributed by atoms with Gasteiger partial charge in [0.15, 0.2) is 5.76 Å². The number of hydrogen-bond acceptors (Lipinski definition) is 5. The van der Waals surface area contributed by atoms with E-state index in [1.165, 1.54) is 0 Å². The monoisotopic (exact) mass is 414 g/mol. The molecular formula is C23H18N4O2S. The first-order chi connectivity index (χ1) is 14.8. The summed E-state index contributed by atoms with van der Waals surface area (Å²) in [5, 5.41) is 16.5. The molecule has 0 unspecified atom stereocenters. The minimum Gasteiger partial charge on any atom is -0.355 e. The molecule has 0 spiro atoms. The van der Waals surface area contributed by atoms with Crippen molar-refractivity contribution in [3.05, 3.63) is 83.2 Å². The number of thiophene rings is 1. The SMILES string of the molecule is O=C(NCCn1ccc(-c2ccsc2)n1)c1ccc2noc(-c3ccccc3)c2c1. The Morgan fingerprint density at radius 1 is 1.07 bits per heavy atom. The molecule has 30 heavy (non-hydrogen) atoms. The maximum absolute atomic E-state index is 12.6. The van der Waals surface area contributed by atoms with Crippen molar-refractivity contribution in [2.45, 2.75) is 6.54 Å². The van der Waals surface area contributed by atoms with E-state index in [0.717, 1.165) is 27.7 Å². The fraction of sp³-hybridized carbons (Fsp3) is 0.0870. The molecule has 0 aliphatic heterocycles. The molecule has 0 fully saturated rings. The molecule has 3 heterocycles. The van der Waals surface area contributed by atoms with Gasteiger partial charge in [0.25, 0.3) is 5.91 Å². The number of fused-ring (bicyclic) bond motifs is 1. The predicted molar refractivity (Wildman–Crippen MR) is 117 cm³/mol. The van der Waals surface area contributed by atoms with E-state index >= 15 is 0 Å². The predicted octanol–water partition coefficient (Wildman–Crippen LogP) is 4.85. The van der Waals surface area contributed by atoms with E-state index in [4.69, 9.17) is 4.52 Å². The lowest BCUT2D eigenvalue weighted by Crippen LogP contribution is -2.27. The van der Waals surface area contributed by atoms with Crippen LogP contribution >= 0.6 is 11.3 Å². The van der Waals surface area contributed by atoms with E-state index in [0.29, 0.717) is 24.4 Å². The van der Waals surface area contributed by atoms with Gasteiger partial charge >= 0.3 is 0 Å². The zero-order chi connectivity index (χ0) is 20.3. The van der Waals surface area contributed by atoms with Gasteiger partial charge in [0.05, 0.1) is 17.6 Å². The lowest BCUT2D eigenvalue weighted by molar-refractivity contribution is 0.0952. The second-order valence-corrected chi connectivity index (χ2v) is 7.62. The highest BCUT2D eigenvalue weighted by Gasteiger charge is 2.14. The number of carbonyl (C=O) groups excluding carboxylic acids is 1. The number of rotatable bonds is 6. The van der Waals surface area contributed by atoms with E-state index in [9.17, 15) is 4.79 Å². The molecule has 0 saturated heterocycles. The van der Waals surface area contributed by atoms with E-state index in [1.807, 2.05) is 64.8 Å². The first kappa shape index (κ1) is 18.3. The van der Waals surface area contributed by atoms with Crippen LogP contribution in [0, 0.1) is 0 Å². The molecule has 148 valence electrons. The Morgan fingerprint density at radius 3 is 2.80 bits per heavy atom. The summed E-state index contributed by atoms with van der Waals surface area (Å²) in [5.41, 5.74) is 4.27. The van der Waals surface area contributed by atoms with Crippen molar-refractivity contribution in [1.29, 1.82) is 0 Å². The highest BCUT2D eigenvalue weighted by molar-refractivity contribution is 7.08. The lowest BCUT2D eigenvalue weighted by atomic mass is 10.1. The number of amides is 1. The van der Waals surface area contributed by atoms with Crippen LogP contribution in [0.3, 0.4) is 0 Å². The Hall–Kier alpha value is -3.71. The van der Waals surface area contributed by atoms with Crippen molar-refractivity contribution < 1.29 is 9.32 Å². The van der Waals surface area contributed by atoms with E-state index < -0.39 is 0 Å². The first-order valence-electron chi connectivity index (χ1n) is 9.57. The van der Waals surface area contributed by atoms with Gasteiger partial charge in [-0.15, -0.1) is 0 Å². The smallest absolute Gasteiger partial charge is 0.251 e. The number of aromatic nitrogens is 3. The standard InChI is InChI=1S/C23H18N4O2S/c28-23(24-10-12-27-11-8-20(25-27)18-9-13-30-15-18)17-6-7-21-19(14-17)22(29-26-21)16-4-2-1-3-5-16/h1-9,11,13-15H,10,12H2,(H,24,28). The summed E-state index contributed by atoms with van der Waals surface area (Å²) >= 11 is 1.65. The molecule has 0 saturated carbocycles. The van der Waals surface area contributed by atoms with Crippen LogP contribution in [0.5, 0.6) is 0 Å². The summed E-state index contributed by atoms with van der Waals surface area (Å²) < 4.78 is 7.35. The largest absolute Gasteiger partial charge is 0.355 e. The zero-order valence-electron chi connectivity index (χ0n) is 16.0. The van der Waals surface area contributed by atoms with Gasteiger partial charge in [-0.2, -0.15) is 16.4 Å². The third kappa shape index (κ3) is 3.62. The van der Waals surface area contributed by atoms with Gasteiger partial charge in [0.2, 0.25) is 0 Å². The van der Waals surface area contributed by atoms with Crippen LogP contribution in [0.4, 0.5) is 0 Å². The Bertz CT molecular complexity index is 1290. The van der Waals surface area contributed by atoms with Gasteiger partial charge in [-0.25, -0.2) is 0 Å². The molecule has 0 radical (unpaired) electrons. The number of nitrogens with one attached hydrogen (secondary N) is 1. The van der Waals surface area contributed by atoms with Crippen LogP contribution in [0.1, 0.15) is 10.4 Å². The van der Waals surface area contributed by atoms with Crippen LogP contribution in [-0.4, -0.2) is 27.4 Å². The maximum atomic E-state index is 12.6. The summed E-state index contributed by atoms with van der Waals surface area (Å²) in [6.07, 6.45) is 1.93. The second kappa shape index (κ2) is 7.96. The molecule has 0 aliphatic rings.